The summed E-state index contributed by atoms with van der Waals surface area (Å²) in [4.78, 5) is 0. The molecule has 0 saturated heterocycles. The van der Waals surface area contributed by atoms with E-state index in [1.807, 2.05) is 6.92 Å². The summed E-state index contributed by atoms with van der Waals surface area (Å²) in [7, 11) is 0. The van der Waals surface area contributed by atoms with Gasteiger partial charge in [0.25, 0.3) is 0 Å². The lowest BCUT2D eigenvalue weighted by Crippen LogP contribution is -2.23. The average molecular weight is 247 g/mol. The van der Waals surface area contributed by atoms with Crippen LogP contribution < -0.4 is 5.73 Å². The van der Waals surface area contributed by atoms with Crippen molar-refractivity contribution in [3.63, 3.8) is 0 Å². The molecule has 2 atom stereocenters. The summed E-state index contributed by atoms with van der Waals surface area (Å²) < 4.78 is 39.1. The SMILES string of the molecule is CCCC(CN)C(O)c1cc(F)c(F)cc1F. The maximum atomic E-state index is 13.4. The van der Waals surface area contributed by atoms with Crippen molar-refractivity contribution in [2.24, 2.45) is 11.7 Å². The minimum atomic E-state index is -1.27. The van der Waals surface area contributed by atoms with E-state index < -0.39 is 23.6 Å². The second-order valence-electron chi connectivity index (χ2n) is 4.02. The number of aliphatic hydroxyl groups excluding tert-OH is 1. The van der Waals surface area contributed by atoms with Gasteiger partial charge in [-0.1, -0.05) is 13.3 Å². The van der Waals surface area contributed by atoms with Crippen LogP contribution in [0.25, 0.3) is 0 Å². The Labute approximate surface area is 98.3 Å². The van der Waals surface area contributed by atoms with E-state index in [-0.39, 0.29) is 18.0 Å². The highest BCUT2D eigenvalue weighted by Gasteiger charge is 2.23. The van der Waals surface area contributed by atoms with Gasteiger partial charge in [0.05, 0.1) is 6.10 Å². The van der Waals surface area contributed by atoms with E-state index in [1.54, 1.807) is 0 Å². The first-order valence-electron chi connectivity index (χ1n) is 5.53. The van der Waals surface area contributed by atoms with Crippen LogP contribution in [0, 0.1) is 23.4 Å². The predicted octanol–water partition coefficient (Wildman–Crippen LogP) is 2.51. The van der Waals surface area contributed by atoms with Gasteiger partial charge in [-0.05, 0) is 19.0 Å². The number of hydrogen-bond donors (Lipinski definition) is 2. The Balaban J connectivity index is 3.02. The first-order chi connectivity index (χ1) is 8.01. The lowest BCUT2D eigenvalue weighted by atomic mass is 9.91. The minimum absolute atomic E-state index is 0.160. The second kappa shape index (κ2) is 6.02. The molecule has 5 heteroatoms. The van der Waals surface area contributed by atoms with Crippen LogP contribution in [0.1, 0.15) is 31.4 Å². The molecule has 17 heavy (non-hydrogen) atoms. The molecule has 0 aliphatic carbocycles. The summed E-state index contributed by atoms with van der Waals surface area (Å²) in [6.07, 6.45) is 0.149. The van der Waals surface area contributed by atoms with Crippen molar-refractivity contribution in [3.05, 3.63) is 35.1 Å². The van der Waals surface area contributed by atoms with Crippen LogP contribution in [0.2, 0.25) is 0 Å². The summed E-state index contributed by atoms with van der Waals surface area (Å²) in [6, 6.07) is 1.13. The third-order valence-electron chi connectivity index (χ3n) is 2.77. The molecule has 0 aliphatic rings. The number of rotatable bonds is 5. The van der Waals surface area contributed by atoms with E-state index in [9.17, 15) is 18.3 Å². The number of nitrogens with two attached hydrogens (primary N) is 1. The predicted molar refractivity (Wildman–Crippen MR) is 58.7 cm³/mol. The molecule has 0 radical (unpaired) electrons. The van der Waals surface area contributed by atoms with Crippen LogP contribution in [-0.2, 0) is 0 Å². The summed E-state index contributed by atoms with van der Waals surface area (Å²) >= 11 is 0. The van der Waals surface area contributed by atoms with E-state index in [0.29, 0.717) is 18.6 Å². The van der Waals surface area contributed by atoms with Gasteiger partial charge in [0.1, 0.15) is 5.82 Å². The first-order valence-corrected chi connectivity index (χ1v) is 5.53. The highest BCUT2D eigenvalue weighted by atomic mass is 19.2. The molecule has 0 spiro atoms. The summed E-state index contributed by atoms with van der Waals surface area (Å²) in [6.45, 7) is 2.06. The van der Waals surface area contributed by atoms with Gasteiger partial charge in [0.15, 0.2) is 11.6 Å². The average Bonchev–Trinajstić information content (AvgIpc) is 2.30. The molecule has 0 fully saturated rings. The Morgan fingerprint density at radius 2 is 1.76 bits per heavy atom. The van der Waals surface area contributed by atoms with Gasteiger partial charge in [-0.25, -0.2) is 13.2 Å². The molecule has 0 bridgehead atoms. The highest BCUT2D eigenvalue weighted by Crippen LogP contribution is 2.28. The van der Waals surface area contributed by atoms with Crippen LogP contribution in [-0.4, -0.2) is 11.7 Å². The molecule has 0 aliphatic heterocycles. The maximum Gasteiger partial charge on any atom is 0.161 e. The van der Waals surface area contributed by atoms with Crippen molar-refractivity contribution in [3.8, 4) is 0 Å². The maximum absolute atomic E-state index is 13.4. The van der Waals surface area contributed by atoms with Gasteiger partial charge in [-0.15, -0.1) is 0 Å². The van der Waals surface area contributed by atoms with Crippen LogP contribution in [0.4, 0.5) is 13.2 Å². The Kier molecular flexibility index (Phi) is 4.96. The third-order valence-corrected chi connectivity index (χ3v) is 2.77. The van der Waals surface area contributed by atoms with Crippen LogP contribution in [0.15, 0.2) is 12.1 Å². The van der Waals surface area contributed by atoms with Crippen molar-refractivity contribution in [1.29, 1.82) is 0 Å². The van der Waals surface area contributed by atoms with E-state index in [2.05, 4.69) is 0 Å². The summed E-state index contributed by atoms with van der Waals surface area (Å²) in [5, 5.41) is 9.90. The zero-order valence-corrected chi connectivity index (χ0v) is 9.59. The molecule has 0 amide bonds. The zero-order valence-electron chi connectivity index (χ0n) is 9.59. The number of aliphatic hydroxyl groups is 1. The standard InChI is InChI=1S/C12H16F3NO/c1-2-3-7(6-16)12(17)8-4-10(14)11(15)5-9(8)13/h4-5,7,12,17H,2-3,6,16H2,1H3. The van der Waals surface area contributed by atoms with Gasteiger partial charge in [0, 0.05) is 17.5 Å². The molecular formula is C12H16F3NO. The summed E-state index contributed by atoms with van der Waals surface area (Å²) in [5.41, 5.74) is 5.22. The molecule has 1 aromatic rings. The van der Waals surface area contributed by atoms with E-state index in [1.165, 1.54) is 0 Å². The van der Waals surface area contributed by atoms with Crippen LogP contribution >= 0.6 is 0 Å². The number of halogens is 3. The molecular weight excluding hydrogens is 231 g/mol. The Morgan fingerprint density at radius 1 is 1.18 bits per heavy atom. The molecule has 0 heterocycles. The summed E-state index contributed by atoms with van der Waals surface area (Å²) in [5.74, 6) is -3.75. The quantitative estimate of drug-likeness (QED) is 0.785. The van der Waals surface area contributed by atoms with Crippen LogP contribution in [0.5, 0.6) is 0 Å². The normalized spacial score (nSPS) is 14.7. The lowest BCUT2D eigenvalue weighted by molar-refractivity contribution is 0.102. The Bertz CT molecular complexity index is 384. The second-order valence-corrected chi connectivity index (χ2v) is 4.02. The van der Waals surface area contributed by atoms with Gasteiger partial charge in [-0.3, -0.25) is 0 Å². The van der Waals surface area contributed by atoms with E-state index in [0.717, 1.165) is 6.42 Å². The van der Waals surface area contributed by atoms with Crippen LogP contribution in [0.3, 0.4) is 0 Å². The van der Waals surface area contributed by atoms with Gasteiger partial charge in [-0.2, -0.15) is 0 Å². The number of benzene rings is 1. The lowest BCUT2D eigenvalue weighted by Gasteiger charge is -2.21. The third kappa shape index (κ3) is 3.20. The fourth-order valence-corrected chi connectivity index (χ4v) is 1.79. The minimum Gasteiger partial charge on any atom is -0.388 e. The molecule has 2 nitrogen and oxygen atoms in total. The smallest absolute Gasteiger partial charge is 0.161 e. The molecule has 3 N–H and O–H groups in total. The molecule has 1 aromatic carbocycles. The van der Waals surface area contributed by atoms with Crippen molar-refractivity contribution in [1.82, 2.24) is 0 Å². The van der Waals surface area contributed by atoms with Crippen molar-refractivity contribution in [2.75, 3.05) is 6.54 Å². The van der Waals surface area contributed by atoms with Gasteiger partial charge < -0.3 is 10.8 Å². The van der Waals surface area contributed by atoms with Crippen molar-refractivity contribution < 1.29 is 18.3 Å². The number of hydrogen-bond acceptors (Lipinski definition) is 2. The molecule has 0 saturated carbocycles. The van der Waals surface area contributed by atoms with Gasteiger partial charge in [0.2, 0.25) is 0 Å². The molecule has 0 aromatic heterocycles. The largest absolute Gasteiger partial charge is 0.388 e. The molecule has 96 valence electrons. The van der Waals surface area contributed by atoms with Gasteiger partial charge >= 0.3 is 0 Å². The zero-order chi connectivity index (χ0) is 13.0. The monoisotopic (exact) mass is 247 g/mol. The Hall–Kier alpha value is -1.07. The molecule has 1 rings (SSSR count). The van der Waals surface area contributed by atoms with Crippen molar-refractivity contribution >= 4 is 0 Å². The molecule has 2 unspecified atom stereocenters. The fraction of sp³-hybridized carbons (Fsp3) is 0.500. The van der Waals surface area contributed by atoms with Crippen molar-refractivity contribution in [2.45, 2.75) is 25.9 Å². The fourth-order valence-electron chi connectivity index (χ4n) is 1.79. The van der Waals surface area contributed by atoms with E-state index in [4.69, 9.17) is 5.73 Å². The highest BCUT2D eigenvalue weighted by molar-refractivity contribution is 5.22. The van der Waals surface area contributed by atoms with E-state index >= 15 is 0 Å². The Morgan fingerprint density at radius 3 is 2.29 bits per heavy atom. The first kappa shape index (κ1) is 14.0. The topological polar surface area (TPSA) is 46.2 Å².